The molecule has 0 spiro atoms. The highest BCUT2D eigenvalue weighted by Crippen LogP contribution is 2.42. The van der Waals surface area contributed by atoms with Crippen LogP contribution in [0.5, 0.6) is 5.75 Å². The third-order valence-corrected chi connectivity index (χ3v) is 4.09. The summed E-state index contributed by atoms with van der Waals surface area (Å²) < 4.78 is 10.7. The third kappa shape index (κ3) is 2.36. The molecule has 1 aromatic carbocycles. The molecule has 1 atom stereocenters. The van der Waals surface area contributed by atoms with Gasteiger partial charge in [0.1, 0.15) is 5.75 Å². The van der Waals surface area contributed by atoms with Gasteiger partial charge in [0, 0.05) is 6.04 Å². The number of benzene rings is 1. The Balaban J connectivity index is 2.41. The van der Waals surface area contributed by atoms with E-state index in [9.17, 15) is 5.11 Å². The van der Waals surface area contributed by atoms with Gasteiger partial charge in [-0.25, -0.2) is 0 Å². The molecule has 1 aliphatic heterocycles. The number of aliphatic hydroxyl groups is 1. The lowest BCUT2D eigenvalue weighted by Gasteiger charge is -2.46. The molecule has 2 rings (SSSR count). The first kappa shape index (κ1) is 14.3. The second-order valence-corrected chi connectivity index (χ2v) is 5.41. The van der Waals surface area contributed by atoms with Crippen LogP contribution in [0.2, 0.25) is 0 Å². The third-order valence-electron chi connectivity index (χ3n) is 4.09. The van der Waals surface area contributed by atoms with Crippen LogP contribution in [0.1, 0.15) is 22.7 Å². The number of aliphatic hydroxyl groups excluding tert-OH is 1. The number of aryl methyl sites for hydroxylation is 2. The van der Waals surface area contributed by atoms with Crippen molar-refractivity contribution >= 4 is 0 Å². The molecule has 1 saturated heterocycles. The standard InChI is InChI=1S/C15H23NO3/c1-10-6-13(18-4)11(2)5-12(10)14(16-3)15(7-17)8-19-9-15/h5-6,14,16-17H,7-9H2,1-4H3. The second kappa shape index (κ2) is 5.49. The summed E-state index contributed by atoms with van der Waals surface area (Å²) in [6.07, 6.45) is 0. The molecule has 1 aromatic rings. The Morgan fingerprint density at radius 2 is 2.05 bits per heavy atom. The largest absolute Gasteiger partial charge is 0.496 e. The molecular weight excluding hydrogens is 242 g/mol. The Bertz CT molecular complexity index is 449. The average molecular weight is 265 g/mol. The SMILES string of the molecule is CNC(c1cc(C)c(OC)cc1C)C1(CO)COC1. The zero-order valence-electron chi connectivity index (χ0n) is 12.1. The summed E-state index contributed by atoms with van der Waals surface area (Å²) in [6.45, 7) is 5.44. The van der Waals surface area contributed by atoms with Gasteiger partial charge in [0.15, 0.2) is 0 Å². The molecule has 0 amide bonds. The fraction of sp³-hybridized carbons (Fsp3) is 0.600. The van der Waals surface area contributed by atoms with Crippen molar-refractivity contribution < 1.29 is 14.6 Å². The number of ether oxygens (including phenoxy) is 2. The highest BCUT2D eigenvalue weighted by molar-refractivity contribution is 5.43. The summed E-state index contributed by atoms with van der Waals surface area (Å²) in [7, 11) is 3.62. The van der Waals surface area contributed by atoms with E-state index in [0.29, 0.717) is 13.2 Å². The monoisotopic (exact) mass is 265 g/mol. The van der Waals surface area contributed by atoms with Crippen LogP contribution in [-0.4, -0.2) is 39.1 Å². The van der Waals surface area contributed by atoms with Crippen molar-refractivity contribution in [3.63, 3.8) is 0 Å². The first-order valence-electron chi connectivity index (χ1n) is 6.59. The van der Waals surface area contributed by atoms with Crippen LogP contribution in [0, 0.1) is 19.3 Å². The summed E-state index contributed by atoms with van der Waals surface area (Å²) >= 11 is 0. The zero-order valence-corrected chi connectivity index (χ0v) is 12.1. The summed E-state index contributed by atoms with van der Waals surface area (Å²) in [5, 5.41) is 13.1. The van der Waals surface area contributed by atoms with Crippen molar-refractivity contribution in [3.8, 4) is 5.75 Å². The highest BCUT2D eigenvalue weighted by Gasteiger charge is 2.46. The van der Waals surface area contributed by atoms with Crippen molar-refractivity contribution in [2.45, 2.75) is 19.9 Å². The summed E-state index contributed by atoms with van der Waals surface area (Å²) in [4.78, 5) is 0. The van der Waals surface area contributed by atoms with E-state index in [4.69, 9.17) is 9.47 Å². The topological polar surface area (TPSA) is 50.7 Å². The average Bonchev–Trinajstić information content (AvgIpc) is 2.36. The van der Waals surface area contributed by atoms with Gasteiger partial charge in [-0.2, -0.15) is 0 Å². The smallest absolute Gasteiger partial charge is 0.122 e. The Hall–Kier alpha value is -1.10. The molecule has 19 heavy (non-hydrogen) atoms. The maximum atomic E-state index is 9.72. The molecule has 0 radical (unpaired) electrons. The molecule has 4 nitrogen and oxygen atoms in total. The lowest BCUT2D eigenvalue weighted by molar-refractivity contribution is -0.155. The predicted octanol–water partition coefficient (Wildman–Crippen LogP) is 1.58. The van der Waals surface area contributed by atoms with Gasteiger partial charge < -0.3 is 19.9 Å². The first-order valence-corrected chi connectivity index (χ1v) is 6.59. The van der Waals surface area contributed by atoms with Crippen molar-refractivity contribution in [1.29, 1.82) is 0 Å². The van der Waals surface area contributed by atoms with Crippen LogP contribution in [0.25, 0.3) is 0 Å². The van der Waals surface area contributed by atoms with E-state index >= 15 is 0 Å². The van der Waals surface area contributed by atoms with Gasteiger partial charge in [-0.05, 0) is 43.7 Å². The lowest BCUT2D eigenvalue weighted by atomic mass is 9.74. The molecule has 1 unspecified atom stereocenters. The van der Waals surface area contributed by atoms with Gasteiger partial charge in [-0.1, -0.05) is 6.07 Å². The first-order chi connectivity index (χ1) is 9.07. The van der Waals surface area contributed by atoms with Gasteiger partial charge >= 0.3 is 0 Å². The van der Waals surface area contributed by atoms with E-state index in [-0.39, 0.29) is 18.1 Å². The van der Waals surface area contributed by atoms with Crippen LogP contribution < -0.4 is 10.1 Å². The van der Waals surface area contributed by atoms with Crippen molar-refractivity contribution in [3.05, 3.63) is 28.8 Å². The van der Waals surface area contributed by atoms with E-state index in [2.05, 4.69) is 24.4 Å². The maximum Gasteiger partial charge on any atom is 0.122 e. The number of nitrogens with one attached hydrogen (secondary N) is 1. The molecule has 1 heterocycles. The Labute approximate surface area is 114 Å². The minimum atomic E-state index is -0.208. The fourth-order valence-corrected chi connectivity index (χ4v) is 2.85. The number of hydrogen-bond donors (Lipinski definition) is 2. The molecule has 4 heteroatoms. The van der Waals surface area contributed by atoms with Gasteiger partial charge in [0.05, 0.1) is 32.3 Å². The molecule has 1 fully saturated rings. The zero-order chi connectivity index (χ0) is 14.0. The molecule has 106 valence electrons. The maximum absolute atomic E-state index is 9.72. The number of methoxy groups -OCH3 is 1. The molecular formula is C15H23NO3. The van der Waals surface area contributed by atoms with Crippen LogP contribution >= 0.6 is 0 Å². The predicted molar refractivity (Wildman–Crippen MR) is 74.6 cm³/mol. The van der Waals surface area contributed by atoms with Crippen LogP contribution in [0.3, 0.4) is 0 Å². The van der Waals surface area contributed by atoms with Crippen molar-refractivity contribution in [2.24, 2.45) is 5.41 Å². The van der Waals surface area contributed by atoms with E-state index in [1.54, 1.807) is 7.11 Å². The van der Waals surface area contributed by atoms with Gasteiger partial charge in [0.2, 0.25) is 0 Å². The molecule has 0 aromatic heterocycles. The Morgan fingerprint density at radius 1 is 1.37 bits per heavy atom. The lowest BCUT2D eigenvalue weighted by Crippen LogP contribution is -2.53. The second-order valence-electron chi connectivity index (χ2n) is 5.41. The number of rotatable bonds is 5. The van der Waals surface area contributed by atoms with Gasteiger partial charge in [-0.15, -0.1) is 0 Å². The Kier molecular flexibility index (Phi) is 4.13. The summed E-state index contributed by atoms with van der Waals surface area (Å²) in [6, 6.07) is 4.29. The van der Waals surface area contributed by atoms with E-state index in [1.165, 1.54) is 11.1 Å². The van der Waals surface area contributed by atoms with Gasteiger partial charge in [-0.3, -0.25) is 0 Å². The van der Waals surface area contributed by atoms with Crippen LogP contribution in [0.4, 0.5) is 0 Å². The van der Waals surface area contributed by atoms with Crippen molar-refractivity contribution in [2.75, 3.05) is 34.0 Å². The molecule has 0 bridgehead atoms. The van der Waals surface area contributed by atoms with Gasteiger partial charge in [0.25, 0.3) is 0 Å². The number of hydrogen-bond acceptors (Lipinski definition) is 4. The minimum Gasteiger partial charge on any atom is -0.496 e. The fourth-order valence-electron chi connectivity index (χ4n) is 2.85. The molecule has 0 saturated carbocycles. The summed E-state index contributed by atoms with van der Waals surface area (Å²) in [5.41, 5.74) is 3.27. The Morgan fingerprint density at radius 3 is 2.47 bits per heavy atom. The van der Waals surface area contributed by atoms with E-state index in [0.717, 1.165) is 11.3 Å². The van der Waals surface area contributed by atoms with Crippen molar-refractivity contribution in [1.82, 2.24) is 5.32 Å². The summed E-state index contributed by atoms with van der Waals surface area (Å²) in [5.74, 6) is 0.902. The molecule has 2 N–H and O–H groups in total. The van der Waals surface area contributed by atoms with E-state index in [1.807, 2.05) is 14.0 Å². The molecule has 0 aliphatic carbocycles. The normalized spacial score (nSPS) is 18.8. The van der Waals surface area contributed by atoms with E-state index < -0.39 is 0 Å². The van der Waals surface area contributed by atoms with Crippen LogP contribution in [-0.2, 0) is 4.74 Å². The quantitative estimate of drug-likeness (QED) is 0.848. The molecule has 1 aliphatic rings. The highest BCUT2D eigenvalue weighted by atomic mass is 16.5. The minimum absolute atomic E-state index is 0.0934. The van der Waals surface area contributed by atoms with Crippen LogP contribution in [0.15, 0.2) is 12.1 Å².